The second-order valence-electron chi connectivity index (χ2n) is 4.56. The summed E-state index contributed by atoms with van der Waals surface area (Å²) in [6, 6.07) is 0. The largest absolute Gasteiger partial charge is 0.401 e. The molecule has 0 aliphatic rings. The van der Waals surface area contributed by atoms with Gasteiger partial charge >= 0.3 is 6.18 Å². The molecular weight excluding hydrogens is 255 g/mol. The van der Waals surface area contributed by atoms with Gasteiger partial charge in [-0.25, -0.2) is 8.42 Å². The van der Waals surface area contributed by atoms with Gasteiger partial charge in [-0.1, -0.05) is 6.92 Å². The van der Waals surface area contributed by atoms with Crippen LogP contribution in [0.4, 0.5) is 13.2 Å². The van der Waals surface area contributed by atoms with E-state index in [0.717, 1.165) is 0 Å². The molecule has 0 aliphatic carbocycles. The molecule has 0 fully saturated rings. The maximum Gasteiger partial charge on any atom is 0.401 e. The van der Waals surface area contributed by atoms with Gasteiger partial charge in [-0.2, -0.15) is 13.2 Å². The molecule has 0 bridgehead atoms. The zero-order chi connectivity index (χ0) is 13.7. The molecule has 1 unspecified atom stereocenters. The minimum absolute atomic E-state index is 0.0273. The normalized spacial score (nSPS) is 15.2. The lowest BCUT2D eigenvalue weighted by Gasteiger charge is -2.14. The minimum atomic E-state index is -4.22. The van der Waals surface area contributed by atoms with E-state index in [-0.39, 0.29) is 18.2 Å². The van der Waals surface area contributed by atoms with Crippen LogP contribution in [0.15, 0.2) is 0 Å². The van der Waals surface area contributed by atoms with E-state index >= 15 is 0 Å². The van der Waals surface area contributed by atoms with Crippen LogP contribution in [0.1, 0.15) is 27.2 Å². The number of halogens is 3. The summed E-state index contributed by atoms with van der Waals surface area (Å²) in [5.41, 5.74) is 0. The van der Waals surface area contributed by atoms with Crippen LogP contribution in [0.3, 0.4) is 0 Å². The van der Waals surface area contributed by atoms with Gasteiger partial charge in [0.1, 0.15) is 0 Å². The first-order chi connectivity index (χ1) is 7.54. The highest BCUT2D eigenvalue weighted by molar-refractivity contribution is 7.91. The standard InChI is InChI=1S/C10H20F3NO2S/c1-8(2)17(15,16)5-4-9(3)6-14-7-10(11,12)13/h8-9,14H,4-7H2,1-3H3. The van der Waals surface area contributed by atoms with Crippen LogP contribution in [0.5, 0.6) is 0 Å². The summed E-state index contributed by atoms with van der Waals surface area (Å²) in [5, 5.41) is 1.84. The van der Waals surface area contributed by atoms with Crippen molar-refractivity contribution in [2.24, 2.45) is 5.92 Å². The monoisotopic (exact) mass is 275 g/mol. The average Bonchev–Trinajstić information content (AvgIpc) is 2.12. The van der Waals surface area contributed by atoms with Crippen LogP contribution in [-0.2, 0) is 9.84 Å². The van der Waals surface area contributed by atoms with Crippen LogP contribution in [0.2, 0.25) is 0 Å². The third kappa shape index (κ3) is 8.43. The molecule has 7 heteroatoms. The fraction of sp³-hybridized carbons (Fsp3) is 1.00. The van der Waals surface area contributed by atoms with E-state index in [2.05, 4.69) is 5.32 Å². The van der Waals surface area contributed by atoms with Gasteiger partial charge in [-0.05, 0) is 32.7 Å². The van der Waals surface area contributed by atoms with Gasteiger partial charge in [-0.15, -0.1) is 0 Å². The molecular formula is C10H20F3NO2S. The van der Waals surface area contributed by atoms with Crippen LogP contribution in [0, 0.1) is 5.92 Å². The predicted octanol–water partition coefficient (Wildman–Crippen LogP) is 1.99. The van der Waals surface area contributed by atoms with E-state index < -0.39 is 27.8 Å². The molecule has 0 spiro atoms. The topological polar surface area (TPSA) is 46.2 Å². The molecule has 0 radical (unpaired) electrons. The zero-order valence-electron chi connectivity index (χ0n) is 10.3. The Labute approximate surface area is 101 Å². The lowest BCUT2D eigenvalue weighted by atomic mass is 10.1. The van der Waals surface area contributed by atoms with Crippen molar-refractivity contribution in [3.05, 3.63) is 0 Å². The molecule has 0 saturated carbocycles. The number of rotatable bonds is 7. The van der Waals surface area contributed by atoms with Crippen LogP contribution in [0.25, 0.3) is 0 Å². The highest BCUT2D eigenvalue weighted by atomic mass is 32.2. The molecule has 1 atom stereocenters. The molecule has 0 rings (SSSR count). The van der Waals surface area contributed by atoms with Crippen molar-refractivity contribution < 1.29 is 21.6 Å². The third-order valence-electron chi connectivity index (χ3n) is 2.43. The summed E-state index contributed by atoms with van der Waals surface area (Å²) in [4.78, 5) is 0. The Morgan fingerprint density at radius 3 is 2.12 bits per heavy atom. The van der Waals surface area contributed by atoms with Gasteiger partial charge in [0.2, 0.25) is 0 Å². The number of sulfone groups is 1. The van der Waals surface area contributed by atoms with Gasteiger partial charge in [0.25, 0.3) is 0 Å². The van der Waals surface area contributed by atoms with Gasteiger partial charge in [0.05, 0.1) is 17.5 Å². The van der Waals surface area contributed by atoms with Gasteiger partial charge < -0.3 is 5.32 Å². The minimum Gasteiger partial charge on any atom is -0.308 e. The van der Waals surface area contributed by atoms with Gasteiger partial charge in [0, 0.05) is 0 Å². The molecule has 0 aromatic carbocycles. The van der Waals surface area contributed by atoms with Crippen molar-refractivity contribution in [3.63, 3.8) is 0 Å². The van der Waals surface area contributed by atoms with Crippen LogP contribution < -0.4 is 5.32 Å². The van der Waals surface area contributed by atoms with Gasteiger partial charge in [0.15, 0.2) is 9.84 Å². The van der Waals surface area contributed by atoms with Crippen molar-refractivity contribution in [3.8, 4) is 0 Å². The molecule has 104 valence electrons. The first kappa shape index (κ1) is 16.7. The van der Waals surface area contributed by atoms with E-state index in [4.69, 9.17) is 0 Å². The molecule has 3 nitrogen and oxygen atoms in total. The van der Waals surface area contributed by atoms with E-state index in [1.165, 1.54) is 0 Å². The Kier molecular flexibility index (Phi) is 6.47. The van der Waals surface area contributed by atoms with Crippen molar-refractivity contribution in [1.29, 1.82) is 0 Å². The van der Waals surface area contributed by atoms with Gasteiger partial charge in [-0.3, -0.25) is 0 Å². The molecule has 0 aromatic heterocycles. The lowest BCUT2D eigenvalue weighted by Crippen LogP contribution is -2.32. The Hall–Kier alpha value is -0.300. The highest BCUT2D eigenvalue weighted by Crippen LogP contribution is 2.13. The van der Waals surface area contributed by atoms with Crippen LogP contribution in [-0.4, -0.2) is 38.7 Å². The lowest BCUT2D eigenvalue weighted by molar-refractivity contribution is -0.125. The van der Waals surface area contributed by atoms with Crippen molar-refractivity contribution >= 4 is 9.84 Å². The highest BCUT2D eigenvalue weighted by Gasteiger charge is 2.26. The molecule has 0 amide bonds. The molecule has 0 aliphatic heterocycles. The number of hydrogen-bond donors (Lipinski definition) is 1. The SMILES string of the molecule is CC(CCS(=O)(=O)C(C)C)CNCC(F)(F)F. The number of nitrogens with one attached hydrogen (secondary N) is 1. The zero-order valence-corrected chi connectivity index (χ0v) is 11.2. The number of alkyl halides is 3. The molecule has 1 N–H and O–H groups in total. The average molecular weight is 275 g/mol. The second kappa shape index (κ2) is 6.58. The van der Waals surface area contributed by atoms with Crippen molar-refractivity contribution in [2.45, 2.75) is 38.6 Å². The summed E-state index contributed by atoms with van der Waals surface area (Å²) < 4.78 is 58.4. The predicted molar refractivity (Wildman–Crippen MR) is 61.6 cm³/mol. The van der Waals surface area contributed by atoms with E-state index in [1.807, 2.05) is 0 Å². The molecule has 0 heterocycles. The maximum atomic E-state index is 11.8. The van der Waals surface area contributed by atoms with Crippen molar-refractivity contribution in [2.75, 3.05) is 18.8 Å². The fourth-order valence-electron chi connectivity index (χ4n) is 1.16. The Bertz CT molecular complexity index is 312. The Balaban J connectivity index is 3.85. The smallest absolute Gasteiger partial charge is 0.308 e. The summed E-state index contributed by atoms with van der Waals surface area (Å²) in [6.07, 6.45) is -3.84. The number of hydrogen-bond acceptors (Lipinski definition) is 3. The maximum absolute atomic E-state index is 11.8. The summed E-state index contributed by atoms with van der Waals surface area (Å²) in [7, 11) is -3.10. The van der Waals surface area contributed by atoms with Crippen LogP contribution >= 0.6 is 0 Å². The first-order valence-electron chi connectivity index (χ1n) is 5.53. The molecule has 0 aromatic rings. The quantitative estimate of drug-likeness (QED) is 0.773. The third-order valence-corrected chi connectivity index (χ3v) is 4.67. The molecule has 0 saturated heterocycles. The summed E-state index contributed by atoms with van der Waals surface area (Å²) in [5.74, 6) is -0.0645. The fourth-order valence-corrected chi connectivity index (χ4v) is 2.37. The molecule has 17 heavy (non-hydrogen) atoms. The summed E-state index contributed by atoms with van der Waals surface area (Å²) >= 11 is 0. The van der Waals surface area contributed by atoms with E-state index in [0.29, 0.717) is 6.42 Å². The van der Waals surface area contributed by atoms with E-state index in [9.17, 15) is 21.6 Å². The Morgan fingerprint density at radius 2 is 1.71 bits per heavy atom. The first-order valence-corrected chi connectivity index (χ1v) is 7.25. The van der Waals surface area contributed by atoms with E-state index in [1.54, 1.807) is 20.8 Å². The second-order valence-corrected chi connectivity index (χ2v) is 7.23. The van der Waals surface area contributed by atoms with Crippen molar-refractivity contribution in [1.82, 2.24) is 5.32 Å². The summed E-state index contributed by atoms with van der Waals surface area (Å²) in [6.45, 7) is 4.07. The Morgan fingerprint density at radius 1 is 1.18 bits per heavy atom.